The first-order chi connectivity index (χ1) is 8.16. The van der Waals surface area contributed by atoms with Gasteiger partial charge in [-0.15, -0.1) is 0 Å². The van der Waals surface area contributed by atoms with Gasteiger partial charge in [-0.05, 0) is 25.3 Å². The van der Waals surface area contributed by atoms with E-state index in [1.807, 2.05) is 0 Å². The zero-order valence-corrected chi connectivity index (χ0v) is 11.3. The maximum absolute atomic E-state index is 9.54. The van der Waals surface area contributed by atoms with Crippen molar-refractivity contribution in [2.45, 2.75) is 45.6 Å². The molecule has 0 aliphatic rings. The van der Waals surface area contributed by atoms with Crippen LogP contribution in [-0.2, 0) is 4.74 Å². The van der Waals surface area contributed by atoms with Gasteiger partial charge in [-0.2, -0.15) is 0 Å². The van der Waals surface area contributed by atoms with E-state index < -0.39 is 6.10 Å². The predicted octanol–water partition coefficient (Wildman–Crippen LogP) is 1.16. The molecular weight excluding hydrogens is 218 g/mol. The van der Waals surface area contributed by atoms with Gasteiger partial charge in [0.25, 0.3) is 0 Å². The molecule has 0 fully saturated rings. The Morgan fingerprint density at radius 3 is 2.59 bits per heavy atom. The van der Waals surface area contributed by atoms with E-state index in [4.69, 9.17) is 9.84 Å². The summed E-state index contributed by atoms with van der Waals surface area (Å²) >= 11 is 0. The molecule has 4 nitrogen and oxygen atoms in total. The summed E-state index contributed by atoms with van der Waals surface area (Å²) in [5, 5.41) is 21.3. The first kappa shape index (κ1) is 16.8. The lowest BCUT2D eigenvalue weighted by molar-refractivity contribution is 0.0316. The third-order valence-electron chi connectivity index (χ3n) is 2.52. The van der Waals surface area contributed by atoms with Crippen LogP contribution < -0.4 is 5.32 Å². The lowest BCUT2D eigenvalue weighted by Crippen LogP contribution is -2.31. The van der Waals surface area contributed by atoms with Crippen molar-refractivity contribution in [3.05, 3.63) is 0 Å². The van der Waals surface area contributed by atoms with Crippen molar-refractivity contribution in [3.63, 3.8) is 0 Å². The van der Waals surface area contributed by atoms with E-state index >= 15 is 0 Å². The highest BCUT2D eigenvalue weighted by Crippen LogP contribution is 2.04. The number of rotatable bonds is 12. The maximum Gasteiger partial charge on any atom is 0.0897 e. The number of ether oxygens (including phenoxy) is 1. The number of aliphatic hydroxyl groups is 2. The maximum atomic E-state index is 9.54. The normalized spacial score (nSPS) is 13.2. The third-order valence-corrected chi connectivity index (χ3v) is 2.52. The summed E-state index contributed by atoms with van der Waals surface area (Å²) in [6.07, 6.45) is 3.87. The molecule has 17 heavy (non-hydrogen) atoms. The standard InChI is InChI=1S/C13H29NO3/c1-12(2)6-3-4-7-14-10-13(16)11-17-9-5-8-15/h12-16H,3-11H2,1-2H3. The summed E-state index contributed by atoms with van der Waals surface area (Å²) < 4.78 is 5.20. The van der Waals surface area contributed by atoms with Crippen molar-refractivity contribution >= 4 is 0 Å². The summed E-state index contributed by atoms with van der Waals surface area (Å²) in [5.41, 5.74) is 0. The van der Waals surface area contributed by atoms with Crippen LogP contribution in [0.5, 0.6) is 0 Å². The lowest BCUT2D eigenvalue weighted by Gasteiger charge is -2.12. The Hall–Kier alpha value is -0.160. The fourth-order valence-electron chi connectivity index (χ4n) is 1.52. The topological polar surface area (TPSA) is 61.7 Å². The van der Waals surface area contributed by atoms with Crippen LogP contribution in [0.4, 0.5) is 0 Å². The first-order valence-electron chi connectivity index (χ1n) is 6.74. The van der Waals surface area contributed by atoms with Gasteiger partial charge in [0.1, 0.15) is 0 Å². The minimum atomic E-state index is -0.446. The summed E-state index contributed by atoms with van der Waals surface area (Å²) in [6.45, 7) is 7.02. The van der Waals surface area contributed by atoms with Crippen LogP contribution in [0.25, 0.3) is 0 Å². The zero-order valence-electron chi connectivity index (χ0n) is 11.3. The van der Waals surface area contributed by atoms with Gasteiger partial charge >= 0.3 is 0 Å². The molecule has 0 radical (unpaired) electrons. The average molecular weight is 247 g/mol. The Bertz CT molecular complexity index is 154. The monoisotopic (exact) mass is 247 g/mol. The summed E-state index contributed by atoms with van der Waals surface area (Å²) in [6, 6.07) is 0. The summed E-state index contributed by atoms with van der Waals surface area (Å²) in [5.74, 6) is 0.778. The average Bonchev–Trinajstić information content (AvgIpc) is 2.29. The Kier molecular flexibility index (Phi) is 12.2. The van der Waals surface area contributed by atoms with Crippen LogP contribution >= 0.6 is 0 Å². The minimum absolute atomic E-state index is 0.143. The first-order valence-corrected chi connectivity index (χ1v) is 6.74. The minimum Gasteiger partial charge on any atom is -0.396 e. The molecule has 0 aliphatic heterocycles. The second-order valence-corrected chi connectivity index (χ2v) is 4.90. The fourth-order valence-corrected chi connectivity index (χ4v) is 1.52. The smallest absolute Gasteiger partial charge is 0.0897 e. The molecule has 0 aromatic heterocycles. The van der Waals surface area contributed by atoms with Gasteiger partial charge in [0.15, 0.2) is 0 Å². The molecule has 1 unspecified atom stereocenters. The molecule has 0 aliphatic carbocycles. The molecule has 0 saturated heterocycles. The zero-order chi connectivity index (χ0) is 12.9. The summed E-state index contributed by atoms with van der Waals surface area (Å²) in [4.78, 5) is 0. The molecule has 0 aromatic rings. The van der Waals surface area contributed by atoms with Crippen LogP contribution in [0.3, 0.4) is 0 Å². The second kappa shape index (κ2) is 12.3. The van der Waals surface area contributed by atoms with Gasteiger partial charge < -0.3 is 20.3 Å². The van der Waals surface area contributed by atoms with E-state index in [0.717, 1.165) is 18.9 Å². The van der Waals surface area contributed by atoms with Crippen molar-refractivity contribution in [2.24, 2.45) is 5.92 Å². The third kappa shape index (κ3) is 13.8. The van der Waals surface area contributed by atoms with Gasteiger partial charge in [-0.1, -0.05) is 26.7 Å². The second-order valence-electron chi connectivity index (χ2n) is 4.90. The Morgan fingerprint density at radius 2 is 1.94 bits per heavy atom. The van der Waals surface area contributed by atoms with E-state index in [2.05, 4.69) is 19.2 Å². The number of unbranched alkanes of at least 4 members (excludes halogenated alkanes) is 1. The molecular formula is C13H29NO3. The molecule has 0 aromatic carbocycles. The molecule has 0 spiro atoms. The van der Waals surface area contributed by atoms with Gasteiger partial charge in [0.2, 0.25) is 0 Å². The molecule has 0 heterocycles. The van der Waals surface area contributed by atoms with Crippen LogP contribution in [0.15, 0.2) is 0 Å². The predicted molar refractivity (Wildman–Crippen MR) is 70.1 cm³/mol. The van der Waals surface area contributed by atoms with Crippen LogP contribution in [0.1, 0.15) is 39.5 Å². The molecule has 3 N–H and O–H groups in total. The van der Waals surface area contributed by atoms with Gasteiger partial charge in [0.05, 0.1) is 12.7 Å². The van der Waals surface area contributed by atoms with Gasteiger partial charge in [-0.3, -0.25) is 0 Å². The molecule has 0 amide bonds. The SMILES string of the molecule is CC(C)CCCCNCC(O)COCCCO. The molecule has 0 saturated carbocycles. The Balaban J connectivity index is 3.13. The molecule has 1 atom stereocenters. The Labute approximate surface area is 105 Å². The van der Waals surface area contributed by atoms with Crippen molar-refractivity contribution < 1.29 is 14.9 Å². The molecule has 4 heteroatoms. The van der Waals surface area contributed by atoms with Gasteiger partial charge in [-0.25, -0.2) is 0 Å². The van der Waals surface area contributed by atoms with Crippen molar-refractivity contribution in [1.29, 1.82) is 0 Å². The highest BCUT2D eigenvalue weighted by molar-refractivity contribution is 4.58. The fraction of sp³-hybridized carbons (Fsp3) is 1.00. The summed E-state index contributed by atoms with van der Waals surface area (Å²) in [7, 11) is 0. The number of aliphatic hydroxyl groups excluding tert-OH is 2. The van der Waals surface area contributed by atoms with E-state index in [0.29, 0.717) is 26.2 Å². The van der Waals surface area contributed by atoms with Gasteiger partial charge in [0, 0.05) is 19.8 Å². The van der Waals surface area contributed by atoms with E-state index in [1.54, 1.807) is 0 Å². The van der Waals surface area contributed by atoms with Crippen molar-refractivity contribution in [2.75, 3.05) is 32.9 Å². The van der Waals surface area contributed by atoms with Crippen molar-refractivity contribution in [3.8, 4) is 0 Å². The van der Waals surface area contributed by atoms with E-state index in [9.17, 15) is 5.11 Å². The number of nitrogens with one attached hydrogen (secondary N) is 1. The Morgan fingerprint density at radius 1 is 1.18 bits per heavy atom. The van der Waals surface area contributed by atoms with Crippen LogP contribution in [0.2, 0.25) is 0 Å². The molecule has 0 rings (SSSR count). The molecule has 104 valence electrons. The van der Waals surface area contributed by atoms with Crippen LogP contribution in [-0.4, -0.2) is 49.2 Å². The van der Waals surface area contributed by atoms with E-state index in [1.165, 1.54) is 12.8 Å². The number of hydrogen-bond acceptors (Lipinski definition) is 4. The van der Waals surface area contributed by atoms with Crippen molar-refractivity contribution in [1.82, 2.24) is 5.32 Å². The number of hydrogen-bond donors (Lipinski definition) is 3. The quantitative estimate of drug-likeness (QED) is 0.453. The largest absolute Gasteiger partial charge is 0.396 e. The van der Waals surface area contributed by atoms with Crippen LogP contribution in [0, 0.1) is 5.92 Å². The highest BCUT2D eigenvalue weighted by atomic mass is 16.5. The highest BCUT2D eigenvalue weighted by Gasteiger charge is 2.03. The van der Waals surface area contributed by atoms with E-state index in [-0.39, 0.29) is 6.61 Å². The molecule has 0 bridgehead atoms. The lowest BCUT2D eigenvalue weighted by atomic mass is 10.1.